The van der Waals surface area contributed by atoms with Crippen molar-refractivity contribution in [3.63, 3.8) is 0 Å². The Balaban J connectivity index is 1.91. The van der Waals surface area contributed by atoms with Crippen molar-refractivity contribution in [1.29, 1.82) is 0 Å². The van der Waals surface area contributed by atoms with Crippen LogP contribution in [-0.2, 0) is 6.54 Å². The van der Waals surface area contributed by atoms with E-state index in [1.165, 1.54) is 12.1 Å². The van der Waals surface area contributed by atoms with Gasteiger partial charge in [-0.2, -0.15) is 0 Å². The molecule has 0 bridgehead atoms. The van der Waals surface area contributed by atoms with Crippen molar-refractivity contribution < 1.29 is 13.3 Å². The first-order valence-electron chi connectivity index (χ1n) is 8.59. The molecule has 6 nitrogen and oxygen atoms in total. The summed E-state index contributed by atoms with van der Waals surface area (Å²) in [6.45, 7) is 6.20. The van der Waals surface area contributed by atoms with E-state index in [9.17, 15) is 13.6 Å². The molecule has 3 heterocycles. The van der Waals surface area contributed by atoms with Gasteiger partial charge in [-0.15, -0.1) is 4.98 Å². The molecule has 0 aliphatic heterocycles. The number of benzene rings is 1. The monoisotopic (exact) mass is 370 g/mol. The maximum atomic E-state index is 14.1. The number of halogens is 2. The Hall–Kier alpha value is -3.16. The first-order valence-corrected chi connectivity index (χ1v) is 8.59. The minimum atomic E-state index is -1.06. The topological polar surface area (TPSA) is 78.3 Å². The van der Waals surface area contributed by atoms with E-state index >= 15 is 0 Å². The molecule has 0 saturated carbocycles. The number of H-pyrrole nitrogens is 2. The molecule has 138 valence electrons. The fourth-order valence-electron chi connectivity index (χ4n) is 3.16. The number of imidazole rings is 1. The summed E-state index contributed by atoms with van der Waals surface area (Å²) in [4.78, 5) is 26.7. The van der Waals surface area contributed by atoms with E-state index in [0.717, 1.165) is 23.1 Å². The van der Waals surface area contributed by atoms with Crippen LogP contribution in [0.1, 0.15) is 36.8 Å². The maximum Gasteiger partial charge on any atom is 0.291 e. The van der Waals surface area contributed by atoms with Crippen LogP contribution in [0.15, 0.2) is 29.3 Å². The minimum absolute atomic E-state index is 0.140. The van der Waals surface area contributed by atoms with E-state index in [-0.39, 0.29) is 18.0 Å². The molecule has 8 heteroatoms. The molecule has 0 radical (unpaired) electrons. The third-order valence-corrected chi connectivity index (χ3v) is 4.61. The summed E-state index contributed by atoms with van der Waals surface area (Å²) in [5, 5.41) is 0.439. The molecular formula is C19H18F2N5O+. The molecular weight excluding hydrogens is 352 g/mol. The van der Waals surface area contributed by atoms with Crippen molar-refractivity contribution >= 4 is 22.1 Å². The van der Waals surface area contributed by atoms with Crippen LogP contribution < -0.4 is 10.1 Å². The Kier molecular flexibility index (Phi) is 3.98. The molecule has 0 amide bonds. The van der Waals surface area contributed by atoms with Gasteiger partial charge in [-0.1, -0.05) is 18.8 Å². The molecule has 0 spiro atoms. The fourth-order valence-corrected chi connectivity index (χ4v) is 3.16. The quantitative estimate of drug-likeness (QED) is 0.545. The first kappa shape index (κ1) is 17.3. The van der Waals surface area contributed by atoms with Gasteiger partial charge < -0.3 is 9.97 Å². The molecule has 1 aromatic carbocycles. The van der Waals surface area contributed by atoms with Crippen molar-refractivity contribution in [2.75, 3.05) is 0 Å². The molecule has 3 aromatic heterocycles. The van der Waals surface area contributed by atoms with E-state index in [2.05, 4.69) is 19.9 Å². The largest absolute Gasteiger partial charge is 0.321 e. The number of hydrogen-bond donors (Lipinski definition) is 2. The van der Waals surface area contributed by atoms with Crippen LogP contribution in [0, 0.1) is 18.6 Å². The number of hydrogen-bond acceptors (Lipinski definition) is 3. The van der Waals surface area contributed by atoms with Gasteiger partial charge in [0.25, 0.3) is 5.65 Å². The van der Waals surface area contributed by atoms with Gasteiger partial charge in [-0.25, -0.2) is 13.3 Å². The summed E-state index contributed by atoms with van der Waals surface area (Å²) in [5.74, 6) is -1.02. The molecule has 4 aromatic rings. The zero-order valence-corrected chi connectivity index (χ0v) is 15.1. The summed E-state index contributed by atoms with van der Waals surface area (Å²) >= 11 is 0. The van der Waals surface area contributed by atoms with Crippen LogP contribution in [0.3, 0.4) is 0 Å². The predicted molar refractivity (Wildman–Crippen MR) is 96.5 cm³/mol. The highest BCUT2D eigenvalue weighted by atomic mass is 19.2. The molecule has 0 aliphatic rings. The highest BCUT2D eigenvalue weighted by Crippen LogP contribution is 2.21. The number of fused-ring (bicyclic) bond motifs is 2. The summed E-state index contributed by atoms with van der Waals surface area (Å²) in [7, 11) is 0. The van der Waals surface area contributed by atoms with E-state index in [1.807, 2.05) is 20.8 Å². The van der Waals surface area contributed by atoms with Gasteiger partial charge in [0.1, 0.15) is 5.69 Å². The number of nitrogens with one attached hydrogen (secondary N) is 2. The minimum Gasteiger partial charge on any atom is -0.321 e. The molecule has 0 atom stereocenters. The SMILES string of the molecule is Cc1nc[n+](Cc2cc(=O)[nH]c3c(F)c(F)ccc23)c2nc(C(C)C)[nH]c12. The average Bonchev–Trinajstić information content (AvgIpc) is 3.08. The second kappa shape index (κ2) is 6.22. The second-order valence-corrected chi connectivity index (χ2v) is 6.88. The summed E-state index contributed by atoms with van der Waals surface area (Å²) < 4.78 is 29.4. The number of nitrogens with zero attached hydrogens (tertiary/aromatic N) is 3. The van der Waals surface area contributed by atoms with Gasteiger partial charge in [-0.3, -0.25) is 4.79 Å². The van der Waals surface area contributed by atoms with Crippen molar-refractivity contribution in [3.05, 3.63) is 63.6 Å². The Bertz CT molecular complexity index is 1240. The van der Waals surface area contributed by atoms with Crippen molar-refractivity contribution in [3.8, 4) is 0 Å². The number of aryl methyl sites for hydroxylation is 1. The zero-order valence-electron chi connectivity index (χ0n) is 15.1. The lowest BCUT2D eigenvalue weighted by molar-refractivity contribution is -0.667. The van der Waals surface area contributed by atoms with Crippen molar-refractivity contribution in [2.24, 2.45) is 0 Å². The summed E-state index contributed by atoms with van der Waals surface area (Å²) in [5.41, 5.74) is 2.24. The van der Waals surface area contributed by atoms with Gasteiger partial charge in [-0.05, 0) is 19.1 Å². The van der Waals surface area contributed by atoms with Gasteiger partial charge >= 0.3 is 0 Å². The number of rotatable bonds is 3. The van der Waals surface area contributed by atoms with Crippen LogP contribution in [-0.4, -0.2) is 19.9 Å². The lowest BCUT2D eigenvalue weighted by atomic mass is 10.1. The lowest BCUT2D eigenvalue weighted by Crippen LogP contribution is -2.36. The Labute approximate surface area is 152 Å². The Morgan fingerprint density at radius 2 is 1.96 bits per heavy atom. The molecule has 2 N–H and O–H groups in total. The summed E-state index contributed by atoms with van der Waals surface area (Å²) in [6.07, 6.45) is 1.63. The van der Waals surface area contributed by atoms with E-state index in [0.29, 0.717) is 16.6 Å². The van der Waals surface area contributed by atoms with Crippen molar-refractivity contribution in [1.82, 2.24) is 19.9 Å². The first-order chi connectivity index (χ1) is 12.8. The normalized spacial score (nSPS) is 11.8. The second-order valence-electron chi connectivity index (χ2n) is 6.88. The fraction of sp³-hybridized carbons (Fsp3) is 0.263. The number of aromatic nitrogens is 5. The third kappa shape index (κ3) is 2.87. The summed E-state index contributed by atoms with van der Waals surface area (Å²) in [6, 6.07) is 3.90. The van der Waals surface area contributed by atoms with Crippen LogP contribution >= 0.6 is 0 Å². The van der Waals surface area contributed by atoms with E-state index < -0.39 is 17.2 Å². The average molecular weight is 370 g/mol. The molecule has 0 aliphatic carbocycles. The highest BCUT2D eigenvalue weighted by molar-refractivity contribution is 5.82. The highest BCUT2D eigenvalue weighted by Gasteiger charge is 2.20. The zero-order chi connectivity index (χ0) is 19.3. The number of aromatic amines is 2. The third-order valence-electron chi connectivity index (χ3n) is 4.61. The van der Waals surface area contributed by atoms with Gasteiger partial charge in [0, 0.05) is 22.9 Å². The lowest BCUT2D eigenvalue weighted by Gasteiger charge is -2.07. The molecule has 27 heavy (non-hydrogen) atoms. The molecule has 4 rings (SSSR count). The Morgan fingerprint density at radius 3 is 2.70 bits per heavy atom. The molecule has 0 unspecified atom stereocenters. The van der Waals surface area contributed by atoms with Crippen LogP contribution in [0.2, 0.25) is 0 Å². The smallest absolute Gasteiger partial charge is 0.291 e. The van der Waals surface area contributed by atoms with Gasteiger partial charge in [0.05, 0.1) is 12.1 Å². The van der Waals surface area contributed by atoms with Crippen molar-refractivity contribution in [2.45, 2.75) is 33.2 Å². The van der Waals surface area contributed by atoms with Gasteiger partial charge in [0.15, 0.2) is 23.0 Å². The number of pyridine rings is 1. The van der Waals surface area contributed by atoms with Crippen LogP contribution in [0.5, 0.6) is 0 Å². The van der Waals surface area contributed by atoms with Gasteiger partial charge in [0.2, 0.25) is 11.9 Å². The van der Waals surface area contributed by atoms with E-state index in [1.54, 1.807) is 10.9 Å². The van der Waals surface area contributed by atoms with E-state index in [4.69, 9.17) is 0 Å². The molecule has 0 saturated heterocycles. The van der Waals surface area contributed by atoms with Crippen LogP contribution in [0.25, 0.3) is 22.1 Å². The van der Waals surface area contributed by atoms with Crippen LogP contribution in [0.4, 0.5) is 8.78 Å². The molecule has 0 fully saturated rings. The predicted octanol–water partition coefficient (Wildman–Crippen LogP) is 2.85. The standard InChI is InChI=1S/C19H17F2N5O/c1-9(2)18-24-16-10(3)22-8-26(19(16)25-18)7-11-6-14(27)23-17-12(11)4-5-13(20)15(17)21/h4-6,8-9H,7H2,1-3H3,(H,23,27)/p+1. The Morgan fingerprint density at radius 1 is 1.19 bits per heavy atom. The maximum absolute atomic E-state index is 14.1.